The van der Waals surface area contributed by atoms with Gasteiger partial charge in [-0.05, 0) is 12.8 Å². The number of carbonyl (C=O) groups is 8. The van der Waals surface area contributed by atoms with Gasteiger partial charge in [0, 0.05) is 37.8 Å². The summed E-state index contributed by atoms with van der Waals surface area (Å²) in [5.41, 5.74) is 5.00. The predicted octanol–water partition coefficient (Wildman–Crippen LogP) is -1.74. The van der Waals surface area contributed by atoms with Crippen molar-refractivity contribution in [3.63, 3.8) is 0 Å². The minimum atomic E-state index is -1.17. The van der Waals surface area contributed by atoms with Crippen LogP contribution in [0.15, 0.2) is 12.2 Å². The van der Waals surface area contributed by atoms with E-state index in [2.05, 4.69) is 9.47 Å². The van der Waals surface area contributed by atoms with Gasteiger partial charge in [-0.1, -0.05) is 0 Å². The number of nitrogens with zero attached hydrogens (tertiary/aromatic N) is 1. The van der Waals surface area contributed by atoms with E-state index in [0.717, 1.165) is 17.1 Å². The molecule has 0 spiro atoms. The van der Waals surface area contributed by atoms with Crippen LogP contribution in [0.4, 0.5) is 0 Å². The number of likely N-dealkylation sites (tertiary alicyclic amines) is 1. The summed E-state index contributed by atoms with van der Waals surface area (Å²) in [4.78, 5) is 85.4. The van der Waals surface area contributed by atoms with E-state index in [0.29, 0.717) is 0 Å². The number of esters is 4. The molecule has 0 radical (unpaired) electrons. The number of imide groups is 1. The summed E-state index contributed by atoms with van der Waals surface area (Å²) in [6.45, 7) is 0. The number of carbonyl (C=O) groups excluding carboxylic acids is 6. The molecule has 2 amide bonds. The third-order valence-electron chi connectivity index (χ3n) is 4.05. The van der Waals surface area contributed by atoms with E-state index in [-0.39, 0.29) is 50.3 Å². The van der Waals surface area contributed by atoms with E-state index in [4.69, 9.17) is 15.9 Å². The van der Waals surface area contributed by atoms with E-state index >= 15 is 0 Å². The molecular weight excluding hydrogens is 436 g/mol. The second-order valence-corrected chi connectivity index (χ2v) is 6.46. The fourth-order valence-electron chi connectivity index (χ4n) is 2.49. The van der Waals surface area contributed by atoms with Crippen molar-refractivity contribution in [3.8, 4) is 0 Å². The highest BCUT2D eigenvalue weighted by Crippen LogP contribution is 2.22. The highest BCUT2D eigenvalue weighted by Gasteiger charge is 2.42. The molecule has 32 heavy (non-hydrogen) atoms. The zero-order chi connectivity index (χ0) is 24.4. The largest absolute Gasteiger partial charge is 0.481 e. The zero-order valence-corrected chi connectivity index (χ0v) is 16.6. The molecule has 0 saturated carbocycles. The maximum absolute atomic E-state index is 11.3. The Balaban J connectivity index is 0.000000261. The van der Waals surface area contributed by atoms with Crippen molar-refractivity contribution in [1.29, 1.82) is 0 Å². The van der Waals surface area contributed by atoms with Crippen molar-refractivity contribution in [1.82, 2.24) is 4.90 Å². The molecule has 4 N–H and O–H groups in total. The van der Waals surface area contributed by atoms with Gasteiger partial charge < -0.3 is 25.4 Å². The normalized spacial score (nSPS) is 20.5. The van der Waals surface area contributed by atoms with E-state index < -0.39 is 47.9 Å². The van der Waals surface area contributed by atoms with Crippen LogP contribution in [-0.4, -0.2) is 74.8 Å². The molecule has 0 aromatic rings. The number of carboxylic acids is 2. The van der Waals surface area contributed by atoms with Gasteiger partial charge in [-0.3, -0.25) is 28.9 Å². The summed E-state index contributed by atoms with van der Waals surface area (Å²) in [5, 5.41) is 16.3. The number of carboxylic acid groups (broad SMARTS) is 2. The number of nitrogens with two attached hydrogens (primary N) is 1. The first kappa shape index (κ1) is 26.1. The number of amides is 2. The third kappa shape index (κ3) is 8.43. The second kappa shape index (κ2) is 12.0. The average molecular weight is 456 g/mol. The third-order valence-corrected chi connectivity index (χ3v) is 4.05. The first-order chi connectivity index (χ1) is 14.9. The molecule has 2 fully saturated rings. The number of ether oxygens (including phenoxy) is 2. The molecule has 0 aromatic heterocycles. The summed E-state index contributed by atoms with van der Waals surface area (Å²) in [6, 6.07) is -1.96. The highest BCUT2D eigenvalue weighted by atomic mass is 16.6. The molecule has 3 heterocycles. The van der Waals surface area contributed by atoms with Crippen molar-refractivity contribution in [2.24, 2.45) is 5.73 Å². The fraction of sp³-hybridized carbons (Fsp3) is 0.444. The van der Waals surface area contributed by atoms with Crippen LogP contribution in [0.5, 0.6) is 0 Å². The molecule has 0 aliphatic carbocycles. The number of hydrogen-bond donors (Lipinski definition) is 3. The van der Waals surface area contributed by atoms with Gasteiger partial charge >= 0.3 is 35.8 Å². The first-order valence-electron chi connectivity index (χ1n) is 9.15. The van der Waals surface area contributed by atoms with Crippen LogP contribution >= 0.6 is 0 Å². The van der Waals surface area contributed by atoms with Gasteiger partial charge in [0.15, 0.2) is 0 Å². The fourth-order valence-corrected chi connectivity index (χ4v) is 2.49. The molecular formula is C18H20N2O12. The van der Waals surface area contributed by atoms with Crippen molar-refractivity contribution in [3.05, 3.63) is 12.2 Å². The van der Waals surface area contributed by atoms with E-state index in [1.807, 2.05) is 0 Å². The lowest BCUT2D eigenvalue weighted by molar-refractivity contribution is -0.172. The van der Waals surface area contributed by atoms with E-state index in [1.165, 1.54) is 0 Å². The Kier molecular flexibility index (Phi) is 9.82. The number of hydrogen-bond acceptors (Lipinski definition) is 11. The van der Waals surface area contributed by atoms with Crippen LogP contribution < -0.4 is 5.73 Å². The smallest absolute Gasteiger partial charge is 0.338 e. The number of cyclic esters (lactones) is 4. The molecule has 2 atom stereocenters. The SMILES string of the molecule is NC(CCC(=O)O)C(=O)O.O=C1C=CC(=O)O1.O=C1CCC(N2C(=O)CCC2=O)C(=O)O1. The van der Waals surface area contributed by atoms with Crippen LogP contribution in [0.2, 0.25) is 0 Å². The second-order valence-electron chi connectivity index (χ2n) is 6.46. The van der Waals surface area contributed by atoms with Gasteiger partial charge in [-0.2, -0.15) is 0 Å². The Bertz CT molecular complexity index is 830. The van der Waals surface area contributed by atoms with E-state index in [1.54, 1.807) is 0 Å². The summed E-state index contributed by atoms with van der Waals surface area (Å²) in [7, 11) is 0. The number of aliphatic carboxylic acids is 2. The molecule has 0 bridgehead atoms. The van der Waals surface area contributed by atoms with E-state index in [9.17, 15) is 38.4 Å². The van der Waals surface area contributed by atoms with Gasteiger partial charge in [0.05, 0.1) is 0 Å². The molecule has 14 nitrogen and oxygen atoms in total. The van der Waals surface area contributed by atoms with Crippen LogP contribution in [-0.2, 0) is 47.8 Å². The first-order valence-corrected chi connectivity index (χ1v) is 9.15. The lowest BCUT2D eigenvalue weighted by atomic mass is 10.1. The van der Waals surface area contributed by atoms with Crippen LogP contribution in [0.3, 0.4) is 0 Å². The minimum Gasteiger partial charge on any atom is -0.481 e. The predicted molar refractivity (Wildman–Crippen MR) is 97.9 cm³/mol. The maximum Gasteiger partial charge on any atom is 0.338 e. The van der Waals surface area contributed by atoms with Gasteiger partial charge in [0.25, 0.3) is 0 Å². The topological polar surface area (TPSA) is 225 Å². The molecule has 174 valence electrons. The lowest BCUT2D eigenvalue weighted by Gasteiger charge is -2.26. The Morgan fingerprint density at radius 2 is 1.50 bits per heavy atom. The van der Waals surface area contributed by atoms with Gasteiger partial charge in [-0.15, -0.1) is 0 Å². The Labute approximate surface area is 179 Å². The molecule has 14 heteroatoms. The average Bonchev–Trinajstić information content (AvgIpc) is 3.24. The molecule has 2 unspecified atom stereocenters. The van der Waals surface area contributed by atoms with Gasteiger partial charge in [-0.25, -0.2) is 14.4 Å². The summed E-state index contributed by atoms with van der Waals surface area (Å²) < 4.78 is 8.36. The van der Waals surface area contributed by atoms with Crippen molar-refractivity contribution >= 4 is 47.6 Å². The van der Waals surface area contributed by atoms with Crippen molar-refractivity contribution in [2.45, 2.75) is 50.6 Å². The minimum absolute atomic E-state index is 0.0231. The van der Waals surface area contributed by atoms with Gasteiger partial charge in [0.2, 0.25) is 11.8 Å². The monoisotopic (exact) mass is 456 g/mol. The Morgan fingerprint density at radius 3 is 1.88 bits per heavy atom. The quantitative estimate of drug-likeness (QED) is 0.237. The molecule has 3 rings (SSSR count). The molecule has 3 aliphatic heterocycles. The Morgan fingerprint density at radius 1 is 0.969 bits per heavy atom. The van der Waals surface area contributed by atoms with Crippen LogP contribution in [0.25, 0.3) is 0 Å². The van der Waals surface area contributed by atoms with Gasteiger partial charge in [0.1, 0.15) is 12.1 Å². The molecule has 3 aliphatic rings. The van der Waals surface area contributed by atoms with Crippen molar-refractivity contribution < 1.29 is 58.0 Å². The molecule has 0 aromatic carbocycles. The zero-order valence-electron chi connectivity index (χ0n) is 16.6. The van der Waals surface area contributed by atoms with Crippen LogP contribution in [0, 0.1) is 0 Å². The van der Waals surface area contributed by atoms with Crippen molar-refractivity contribution in [2.75, 3.05) is 0 Å². The number of rotatable bonds is 5. The highest BCUT2D eigenvalue weighted by molar-refractivity contribution is 6.06. The lowest BCUT2D eigenvalue weighted by Crippen LogP contribution is -2.48. The van der Waals surface area contributed by atoms with Crippen LogP contribution in [0.1, 0.15) is 38.5 Å². The summed E-state index contributed by atoms with van der Waals surface area (Å²) >= 11 is 0. The standard InChI is InChI=1S/C9H9NO5.C5H9NO4.C4H2O3/c11-6-2-3-7(12)10(6)5-1-4-8(13)15-9(5)14;6-3(5(9)10)1-2-4(7)8;5-3-1-2-4(6)7-3/h5H,1-4H2;3H,1-2,6H2,(H,7,8)(H,9,10);1-2H. The maximum atomic E-state index is 11.3. The Hall–Kier alpha value is -3.94. The summed E-state index contributed by atoms with van der Waals surface area (Å²) in [5.74, 6) is -5.48. The molecule has 2 saturated heterocycles. The summed E-state index contributed by atoms with van der Waals surface area (Å²) in [6.07, 6.45) is 2.46.